The number of amides is 1. The number of amidine groups is 1. The third kappa shape index (κ3) is 3.89. The van der Waals surface area contributed by atoms with Gasteiger partial charge in [0.2, 0.25) is 5.91 Å². The van der Waals surface area contributed by atoms with Crippen LogP contribution >= 0.6 is 0 Å². The molecule has 17 heavy (non-hydrogen) atoms. The predicted molar refractivity (Wildman–Crippen MR) is 63.7 cm³/mol. The number of hydrogen-bond donors (Lipinski definition) is 3. The summed E-state index contributed by atoms with van der Waals surface area (Å²) in [5.74, 6) is -0.864. The summed E-state index contributed by atoms with van der Waals surface area (Å²) >= 11 is 0. The predicted octanol–water partition coefficient (Wildman–Crippen LogP) is 0.300. The van der Waals surface area contributed by atoms with Gasteiger partial charge in [0.1, 0.15) is 5.92 Å². The second kappa shape index (κ2) is 6.44. The molecule has 6 nitrogen and oxygen atoms in total. The first-order valence-electron chi connectivity index (χ1n) is 5.91. The number of ether oxygens (including phenoxy) is 1. The molecule has 1 heterocycles. The first kappa shape index (κ1) is 13.8. The fraction of sp³-hybridized carbons (Fsp3) is 0.818. The Bertz CT molecular complexity index is 286. The Labute approximate surface area is 101 Å². The van der Waals surface area contributed by atoms with Crippen LogP contribution < -0.4 is 11.1 Å². The zero-order valence-electron chi connectivity index (χ0n) is 10.3. The van der Waals surface area contributed by atoms with Crippen molar-refractivity contribution in [2.45, 2.75) is 32.7 Å². The van der Waals surface area contributed by atoms with E-state index >= 15 is 0 Å². The highest BCUT2D eigenvalue weighted by atomic mass is 16.5. The van der Waals surface area contributed by atoms with Crippen LogP contribution in [0.2, 0.25) is 0 Å². The maximum Gasteiger partial charge on any atom is 0.231 e. The molecule has 0 aromatic rings. The molecule has 0 aromatic carbocycles. The van der Waals surface area contributed by atoms with Crippen LogP contribution in [0.1, 0.15) is 26.7 Å². The molecule has 4 N–H and O–H groups in total. The van der Waals surface area contributed by atoms with E-state index in [9.17, 15) is 4.79 Å². The lowest BCUT2D eigenvalue weighted by molar-refractivity contribution is -0.125. The van der Waals surface area contributed by atoms with Gasteiger partial charge in [-0.05, 0) is 18.8 Å². The van der Waals surface area contributed by atoms with Crippen molar-refractivity contribution in [3.8, 4) is 0 Å². The van der Waals surface area contributed by atoms with Crippen LogP contribution in [0.5, 0.6) is 0 Å². The van der Waals surface area contributed by atoms with Crippen LogP contribution in [0.3, 0.4) is 0 Å². The monoisotopic (exact) mass is 243 g/mol. The quantitative estimate of drug-likeness (QED) is 0.286. The lowest BCUT2D eigenvalue weighted by atomic mass is 9.93. The van der Waals surface area contributed by atoms with E-state index in [1.807, 2.05) is 13.8 Å². The van der Waals surface area contributed by atoms with Gasteiger partial charge in [0.05, 0.1) is 12.6 Å². The molecule has 1 fully saturated rings. The smallest absolute Gasteiger partial charge is 0.231 e. The number of carbonyl (C=O) groups excluding carboxylic acids is 1. The molecule has 6 heteroatoms. The number of rotatable bonds is 4. The number of nitrogens with two attached hydrogens (primary N) is 1. The third-order valence-electron chi connectivity index (χ3n) is 2.89. The zero-order valence-corrected chi connectivity index (χ0v) is 10.3. The molecule has 0 spiro atoms. The van der Waals surface area contributed by atoms with E-state index in [1.165, 1.54) is 0 Å². The van der Waals surface area contributed by atoms with Gasteiger partial charge >= 0.3 is 0 Å². The highest BCUT2D eigenvalue weighted by Crippen LogP contribution is 2.13. The summed E-state index contributed by atoms with van der Waals surface area (Å²) in [5, 5.41) is 14.5. The summed E-state index contributed by atoms with van der Waals surface area (Å²) in [5.41, 5.74) is 5.53. The minimum atomic E-state index is -0.595. The van der Waals surface area contributed by atoms with E-state index in [1.54, 1.807) is 0 Å². The molecule has 0 radical (unpaired) electrons. The van der Waals surface area contributed by atoms with Gasteiger partial charge in [-0.15, -0.1) is 0 Å². The Morgan fingerprint density at radius 2 is 2.29 bits per heavy atom. The molecular formula is C11H21N3O3. The SMILES string of the molecule is CC(C)C(C(=O)NC1CCCOC1)C(N)=NO. The molecule has 98 valence electrons. The minimum absolute atomic E-state index is 0.0181. The Hall–Kier alpha value is -1.30. The molecule has 1 rings (SSSR count). The van der Waals surface area contributed by atoms with Crippen LogP contribution in [0.4, 0.5) is 0 Å². The molecule has 0 aromatic heterocycles. The van der Waals surface area contributed by atoms with Gasteiger partial charge in [-0.2, -0.15) is 0 Å². The molecule has 2 unspecified atom stereocenters. The molecule has 0 bridgehead atoms. The number of nitrogens with one attached hydrogen (secondary N) is 1. The Morgan fingerprint density at radius 3 is 2.76 bits per heavy atom. The van der Waals surface area contributed by atoms with Gasteiger partial charge in [0, 0.05) is 6.61 Å². The summed E-state index contributed by atoms with van der Waals surface area (Å²) in [4.78, 5) is 12.0. The van der Waals surface area contributed by atoms with Crippen LogP contribution in [-0.2, 0) is 9.53 Å². The topological polar surface area (TPSA) is 96.9 Å². The molecular weight excluding hydrogens is 222 g/mol. The fourth-order valence-electron chi connectivity index (χ4n) is 1.99. The van der Waals surface area contributed by atoms with Crippen molar-refractivity contribution in [1.29, 1.82) is 0 Å². The number of hydrogen-bond acceptors (Lipinski definition) is 4. The first-order valence-corrected chi connectivity index (χ1v) is 5.91. The Balaban J connectivity index is 2.58. The summed E-state index contributed by atoms with van der Waals surface area (Å²) in [6.07, 6.45) is 1.85. The largest absolute Gasteiger partial charge is 0.409 e. The van der Waals surface area contributed by atoms with Crippen molar-refractivity contribution < 1.29 is 14.7 Å². The highest BCUT2D eigenvalue weighted by Gasteiger charge is 2.28. The van der Waals surface area contributed by atoms with E-state index in [4.69, 9.17) is 15.7 Å². The summed E-state index contributed by atoms with van der Waals surface area (Å²) in [7, 11) is 0. The Morgan fingerprint density at radius 1 is 1.59 bits per heavy atom. The molecule has 1 saturated heterocycles. The maximum absolute atomic E-state index is 12.0. The standard InChI is InChI=1S/C11H21N3O3/c1-7(2)9(10(12)14-16)11(15)13-8-4-3-5-17-6-8/h7-9,16H,3-6H2,1-2H3,(H2,12,14)(H,13,15). The van der Waals surface area contributed by atoms with Gasteiger partial charge in [-0.1, -0.05) is 19.0 Å². The van der Waals surface area contributed by atoms with Crippen molar-refractivity contribution in [3.63, 3.8) is 0 Å². The maximum atomic E-state index is 12.0. The molecule has 1 amide bonds. The summed E-state index contributed by atoms with van der Waals surface area (Å²) < 4.78 is 5.28. The van der Waals surface area contributed by atoms with Crippen molar-refractivity contribution in [2.75, 3.05) is 13.2 Å². The molecule has 0 saturated carbocycles. The van der Waals surface area contributed by atoms with E-state index in [0.717, 1.165) is 19.4 Å². The van der Waals surface area contributed by atoms with Crippen molar-refractivity contribution in [2.24, 2.45) is 22.7 Å². The van der Waals surface area contributed by atoms with Crippen molar-refractivity contribution >= 4 is 11.7 Å². The lowest BCUT2D eigenvalue weighted by Crippen LogP contribution is -2.48. The molecule has 1 aliphatic heterocycles. The van der Waals surface area contributed by atoms with Crippen molar-refractivity contribution in [3.05, 3.63) is 0 Å². The van der Waals surface area contributed by atoms with E-state index in [0.29, 0.717) is 6.61 Å². The number of carbonyl (C=O) groups is 1. The van der Waals surface area contributed by atoms with Crippen LogP contribution in [0, 0.1) is 11.8 Å². The normalized spacial score (nSPS) is 23.5. The van der Waals surface area contributed by atoms with Gasteiger partial charge in [-0.3, -0.25) is 4.79 Å². The zero-order chi connectivity index (χ0) is 12.8. The van der Waals surface area contributed by atoms with Gasteiger partial charge in [-0.25, -0.2) is 0 Å². The van der Waals surface area contributed by atoms with Crippen molar-refractivity contribution in [1.82, 2.24) is 5.32 Å². The Kier molecular flexibility index (Phi) is 5.21. The van der Waals surface area contributed by atoms with Gasteiger partial charge in [0.15, 0.2) is 5.84 Å². The third-order valence-corrected chi connectivity index (χ3v) is 2.89. The van der Waals surface area contributed by atoms with Gasteiger partial charge < -0.3 is 21.0 Å². The van der Waals surface area contributed by atoms with Crippen LogP contribution in [0.15, 0.2) is 5.16 Å². The molecule has 1 aliphatic rings. The summed E-state index contributed by atoms with van der Waals surface area (Å²) in [6.45, 7) is 5.01. The fourth-order valence-corrected chi connectivity index (χ4v) is 1.99. The van der Waals surface area contributed by atoms with E-state index in [-0.39, 0.29) is 23.7 Å². The van der Waals surface area contributed by atoms with Gasteiger partial charge in [0.25, 0.3) is 0 Å². The summed E-state index contributed by atoms with van der Waals surface area (Å²) in [6, 6.07) is 0.0315. The van der Waals surface area contributed by atoms with Crippen LogP contribution in [0.25, 0.3) is 0 Å². The molecule has 0 aliphatic carbocycles. The van der Waals surface area contributed by atoms with Crippen LogP contribution in [-0.4, -0.2) is 36.2 Å². The van der Waals surface area contributed by atoms with E-state index < -0.39 is 5.92 Å². The first-order chi connectivity index (χ1) is 8.06. The minimum Gasteiger partial charge on any atom is -0.409 e. The average molecular weight is 243 g/mol. The second-order valence-corrected chi connectivity index (χ2v) is 4.67. The molecule has 2 atom stereocenters. The van der Waals surface area contributed by atoms with E-state index in [2.05, 4.69) is 10.5 Å². The lowest BCUT2D eigenvalue weighted by Gasteiger charge is -2.26. The number of oxime groups is 1. The average Bonchev–Trinajstić information content (AvgIpc) is 2.29. The second-order valence-electron chi connectivity index (χ2n) is 4.67. The highest BCUT2D eigenvalue weighted by molar-refractivity contribution is 6.02. The number of nitrogens with zero attached hydrogens (tertiary/aromatic N) is 1.